The van der Waals surface area contributed by atoms with Crippen LogP contribution in [0.3, 0.4) is 0 Å². The molecule has 11 heteroatoms. The van der Waals surface area contributed by atoms with Crippen LogP contribution in [0, 0.1) is 0 Å². The average Bonchev–Trinajstić information content (AvgIpc) is 2.63. The molecule has 0 unspecified atom stereocenters. The van der Waals surface area contributed by atoms with Gasteiger partial charge in [-0.3, -0.25) is 9.59 Å². The molecule has 0 aliphatic rings. The Kier molecular flexibility index (Phi) is 9.24. The molecule has 0 saturated heterocycles. The summed E-state index contributed by atoms with van der Waals surface area (Å²) in [5.41, 5.74) is -0.124. The molecule has 0 saturated carbocycles. The molecule has 0 spiro atoms. The topological polar surface area (TPSA) is 151 Å². The van der Waals surface area contributed by atoms with Crippen molar-refractivity contribution in [2.45, 2.75) is 57.1 Å². The third-order valence-corrected chi connectivity index (χ3v) is 5.33. The molecule has 1 atom stereocenters. The molecule has 168 valence electrons. The molecule has 0 bridgehead atoms. The van der Waals surface area contributed by atoms with E-state index in [1.54, 1.807) is 45.9 Å². The van der Waals surface area contributed by atoms with Gasteiger partial charge in [-0.15, -0.1) is 0 Å². The first-order valence-electron chi connectivity index (χ1n) is 9.42. The molecule has 0 radical (unpaired) electrons. The lowest BCUT2D eigenvalue weighted by atomic mass is 10.2. The Morgan fingerprint density at radius 1 is 1.13 bits per heavy atom. The maximum atomic E-state index is 12.6. The first-order chi connectivity index (χ1) is 13.9. The lowest BCUT2D eigenvalue weighted by molar-refractivity contribution is -0.138. The van der Waals surface area contributed by atoms with Crippen LogP contribution in [0.5, 0.6) is 0 Å². The molecule has 0 fully saturated rings. The predicted octanol–water partition coefficient (Wildman–Crippen LogP) is 1.01. The van der Waals surface area contributed by atoms with E-state index in [-0.39, 0.29) is 17.9 Å². The van der Waals surface area contributed by atoms with E-state index in [2.05, 4.69) is 15.4 Å². The van der Waals surface area contributed by atoms with E-state index < -0.39 is 46.2 Å². The van der Waals surface area contributed by atoms with Crippen molar-refractivity contribution in [3.63, 3.8) is 0 Å². The normalized spacial score (nSPS) is 12.7. The third kappa shape index (κ3) is 8.78. The SMILES string of the molecule is CCc1ccccc1S(=O)(=O)N[C@@H](CNC(=O)CCNC(=O)OC(C)(C)C)C(=O)O. The van der Waals surface area contributed by atoms with Gasteiger partial charge in [0.25, 0.3) is 0 Å². The number of benzene rings is 1. The lowest BCUT2D eigenvalue weighted by Gasteiger charge is -2.19. The fraction of sp³-hybridized carbons (Fsp3) is 0.526. The highest BCUT2D eigenvalue weighted by Crippen LogP contribution is 2.16. The summed E-state index contributed by atoms with van der Waals surface area (Å²) >= 11 is 0. The van der Waals surface area contributed by atoms with Crippen LogP contribution in [0.25, 0.3) is 0 Å². The molecule has 1 aromatic carbocycles. The molecular weight excluding hydrogens is 414 g/mol. The number of aliphatic carboxylic acids is 1. The van der Waals surface area contributed by atoms with Crippen LogP contribution in [0.1, 0.15) is 39.7 Å². The summed E-state index contributed by atoms with van der Waals surface area (Å²) < 4.78 is 32.3. The Bertz CT molecular complexity index is 863. The Hall–Kier alpha value is -2.66. The lowest BCUT2D eigenvalue weighted by Crippen LogP contribution is -2.48. The van der Waals surface area contributed by atoms with Gasteiger partial charge in [-0.2, -0.15) is 4.72 Å². The monoisotopic (exact) mass is 443 g/mol. The summed E-state index contributed by atoms with van der Waals surface area (Å²) in [5, 5.41) is 14.1. The van der Waals surface area contributed by atoms with Crippen LogP contribution < -0.4 is 15.4 Å². The van der Waals surface area contributed by atoms with Crippen LogP contribution >= 0.6 is 0 Å². The maximum absolute atomic E-state index is 12.6. The Morgan fingerprint density at radius 3 is 2.33 bits per heavy atom. The van der Waals surface area contributed by atoms with Crippen LogP contribution in [-0.4, -0.2) is 56.2 Å². The number of hydrogen-bond acceptors (Lipinski definition) is 6. The number of carboxylic acid groups (broad SMARTS) is 1. The summed E-state index contributed by atoms with van der Waals surface area (Å²) in [6.07, 6.45) is -0.353. The Morgan fingerprint density at radius 2 is 1.77 bits per heavy atom. The van der Waals surface area contributed by atoms with Crippen molar-refractivity contribution in [2.75, 3.05) is 13.1 Å². The number of rotatable bonds is 10. The third-order valence-electron chi connectivity index (χ3n) is 3.76. The molecule has 1 aromatic rings. The van der Waals surface area contributed by atoms with Crippen molar-refractivity contribution in [2.24, 2.45) is 0 Å². The van der Waals surface area contributed by atoms with Gasteiger partial charge >= 0.3 is 12.1 Å². The second kappa shape index (κ2) is 10.9. The molecule has 0 heterocycles. The van der Waals surface area contributed by atoms with Gasteiger partial charge in [-0.1, -0.05) is 25.1 Å². The van der Waals surface area contributed by atoms with Gasteiger partial charge in [0.2, 0.25) is 15.9 Å². The van der Waals surface area contributed by atoms with Crippen molar-refractivity contribution in [3.05, 3.63) is 29.8 Å². The minimum absolute atomic E-state index is 0.00774. The minimum Gasteiger partial charge on any atom is -0.480 e. The van der Waals surface area contributed by atoms with E-state index in [9.17, 15) is 27.9 Å². The number of carbonyl (C=O) groups excluding carboxylic acids is 2. The second-order valence-electron chi connectivity index (χ2n) is 7.46. The van der Waals surface area contributed by atoms with Crippen molar-refractivity contribution in [1.29, 1.82) is 0 Å². The minimum atomic E-state index is -4.10. The molecule has 0 aromatic heterocycles. The largest absolute Gasteiger partial charge is 0.480 e. The van der Waals surface area contributed by atoms with Crippen LogP contribution in [0.15, 0.2) is 29.2 Å². The van der Waals surface area contributed by atoms with Gasteiger partial charge in [0, 0.05) is 19.5 Å². The number of hydrogen-bond donors (Lipinski definition) is 4. The molecule has 30 heavy (non-hydrogen) atoms. The molecule has 10 nitrogen and oxygen atoms in total. The van der Waals surface area contributed by atoms with E-state index >= 15 is 0 Å². The Balaban J connectivity index is 2.61. The van der Waals surface area contributed by atoms with Crippen molar-refractivity contribution < 1.29 is 32.6 Å². The summed E-state index contributed by atoms with van der Waals surface area (Å²) in [6, 6.07) is 4.72. The van der Waals surface area contributed by atoms with Gasteiger partial charge < -0.3 is 20.5 Å². The summed E-state index contributed by atoms with van der Waals surface area (Å²) in [6.45, 7) is 6.42. The van der Waals surface area contributed by atoms with Gasteiger partial charge in [-0.05, 0) is 38.8 Å². The molecule has 0 aliphatic heterocycles. The number of ether oxygens (including phenoxy) is 1. The van der Waals surface area contributed by atoms with Gasteiger partial charge in [0.05, 0.1) is 4.90 Å². The molecule has 4 N–H and O–H groups in total. The molecular formula is C19H29N3O7S. The standard InChI is InChI=1S/C19H29N3O7S/c1-5-13-8-6-7-9-15(13)30(27,28)22-14(17(24)25)12-21-16(23)10-11-20-18(26)29-19(2,3)4/h6-9,14,22H,5,10-12H2,1-4H3,(H,20,26)(H,21,23)(H,24,25)/t14-/m0/s1. The first-order valence-corrected chi connectivity index (χ1v) is 10.9. The zero-order valence-corrected chi connectivity index (χ0v) is 18.3. The predicted molar refractivity (Wildman–Crippen MR) is 109 cm³/mol. The number of sulfonamides is 1. The number of nitrogens with one attached hydrogen (secondary N) is 3. The summed E-state index contributed by atoms with van der Waals surface area (Å²) in [7, 11) is -4.10. The highest BCUT2D eigenvalue weighted by Gasteiger charge is 2.27. The van der Waals surface area contributed by atoms with Crippen LogP contribution in [-0.2, 0) is 30.8 Å². The molecule has 1 rings (SSSR count). The van der Waals surface area contributed by atoms with Crippen LogP contribution in [0.2, 0.25) is 0 Å². The van der Waals surface area contributed by atoms with E-state index in [0.717, 1.165) is 0 Å². The number of alkyl carbamates (subject to hydrolysis) is 1. The van der Waals surface area contributed by atoms with Crippen LogP contribution in [0.4, 0.5) is 4.79 Å². The van der Waals surface area contributed by atoms with E-state index in [1.807, 2.05) is 0 Å². The quantitative estimate of drug-likeness (QED) is 0.421. The zero-order valence-electron chi connectivity index (χ0n) is 17.5. The Labute approximate surface area is 176 Å². The van der Waals surface area contributed by atoms with Gasteiger partial charge in [-0.25, -0.2) is 13.2 Å². The van der Waals surface area contributed by atoms with E-state index in [4.69, 9.17) is 4.74 Å². The number of carbonyl (C=O) groups is 3. The summed E-state index contributed by atoms with van der Waals surface area (Å²) in [5.74, 6) is -1.98. The van der Waals surface area contributed by atoms with Gasteiger partial charge in [0.15, 0.2) is 0 Å². The average molecular weight is 444 g/mol. The molecule has 2 amide bonds. The van der Waals surface area contributed by atoms with Crippen molar-refractivity contribution in [3.8, 4) is 0 Å². The van der Waals surface area contributed by atoms with Gasteiger partial charge in [0.1, 0.15) is 11.6 Å². The highest BCUT2D eigenvalue weighted by molar-refractivity contribution is 7.89. The van der Waals surface area contributed by atoms with Crippen molar-refractivity contribution >= 4 is 28.0 Å². The smallest absolute Gasteiger partial charge is 0.407 e. The molecule has 0 aliphatic carbocycles. The second-order valence-corrected chi connectivity index (χ2v) is 9.14. The summed E-state index contributed by atoms with van der Waals surface area (Å²) in [4.78, 5) is 34.9. The maximum Gasteiger partial charge on any atom is 0.407 e. The number of aryl methyl sites for hydroxylation is 1. The highest BCUT2D eigenvalue weighted by atomic mass is 32.2. The number of amides is 2. The van der Waals surface area contributed by atoms with E-state index in [1.165, 1.54) is 6.07 Å². The van der Waals surface area contributed by atoms with E-state index in [0.29, 0.717) is 12.0 Å². The fourth-order valence-corrected chi connectivity index (χ4v) is 3.89. The first kappa shape index (κ1) is 25.4. The number of carboxylic acids is 1. The fourth-order valence-electron chi connectivity index (χ4n) is 2.38. The zero-order chi connectivity index (χ0) is 22.9. The van der Waals surface area contributed by atoms with Crippen molar-refractivity contribution in [1.82, 2.24) is 15.4 Å².